The summed E-state index contributed by atoms with van der Waals surface area (Å²) >= 11 is 1.43. The maximum absolute atomic E-state index is 13.2. The van der Waals surface area contributed by atoms with Crippen LogP contribution in [0, 0.1) is 13.8 Å². The summed E-state index contributed by atoms with van der Waals surface area (Å²) in [5, 5.41) is 0.545. The Morgan fingerprint density at radius 3 is 2.35 bits per heavy atom. The monoisotopic (exact) mass is 459 g/mol. The molecule has 0 radical (unpaired) electrons. The minimum absolute atomic E-state index is 0.155. The number of hydrogen-bond acceptors (Lipinski definition) is 6. The maximum Gasteiger partial charge on any atom is 0.244 e. The van der Waals surface area contributed by atoms with E-state index in [1.165, 1.54) is 28.4 Å². The molecule has 0 aliphatic rings. The van der Waals surface area contributed by atoms with E-state index in [0.717, 1.165) is 34.4 Å². The number of nitrogens with zero attached hydrogens (tertiary/aromatic N) is 3. The van der Waals surface area contributed by atoms with Gasteiger partial charge in [-0.25, -0.2) is 13.4 Å². The Kier molecular flexibility index (Phi) is 7.46. The standard InChI is InChI=1S/C23H29N3O3S2/c1-5-25(6-2)12-13-26(21(27)16-31(28,29)19-10-8-7-9-11-19)23-24-22-18(4)14-17(3)15-20(22)30-23/h7-11,14-15H,5-6,12-13,16H2,1-4H3. The summed E-state index contributed by atoms with van der Waals surface area (Å²) < 4.78 is 26.6. The molecule has 166 valence electrons. The van der Waals surface area contributed by atoms with Crippen LogP contribution in [-0.4, -0.2) is 56.1 Å². The fourth-order valence-corrected chi connectivity index (χ4v) is 5.94. The van der Waals surface area contributed by atoms with Gasteiger partial charge in [-0.3, -0.25) is 9.69 Å². The molecule has 1 heterocycles. The van der Waals surface area contributed by atoms with Crippen LogP contribution in [0.4, 0.5) is 5.13 Å². The number of thiazole rings is 1. The summed E-state index contributed by atoms with van der Waals surface area (Å²) in [7, 11) is -3.74. The third-order valence-electron chi connectivity index (χ3n) is 5.30. The van der Waals surface area contributed by atoms with Gasteiger partial charge in [0.05, 0.1) is 15.1 Å². The summed E-state index contributed by atoms with van der Waals surface area (Å²) in [6, 6.07) is 12.2. The van der Waals surface area contributed by atoms with Crippen molar-refractivity contribution in [2.45, 2.75) is 32.6 Å². The number of fused-ring (bicyclic) bond motifs is 1. The predicted molar refractivity (Wildman–Crippen MR) is 128 cm³/mol. The summed E-state index contributed by atoms with van der Waals surface area (Å²) in [5.41, 5.74) is 3.04. The molecule has 8 heteroatoms. The maximum atomic E-state index is 13.2. The van der Waals surface area contributed by atoms with Crippen molar-refractivity contribution in [3.8, 4) is 0 Å². The highest BCUT2D eigenvalue weighted by atomic mass is 32.2. The topological polar surface area (TPSA) is 70.6 Å². The fourth-order valence-electron chi connectivity index (χ4n) is 3.53. The molecular weight excluding hydrogens is 430 g/mol. The van der Waals surface area contributed by atoms with Crippen molar-refractivity contribution in [1.82, 2.24) is 9.88 Å². The molecule has 0 spiro atoms. The molecule has 0 unspecified atom stereocenters. The average Bonchev–Trinajstić information content (AvgIpc) is 3.15. The summed E-state index contributed by atoms with van der Waals surface area (Å²) in [6.45, 7) is 10.9. The number of aryl methyl sites for hydroxylation is 2. The summed E-state index contributed by atoms with van der Waals surface area (Å²) in [5.74, 6) is -1.03. The van der Waals surface area contributed by atoms with Crippen LogP contribution in [0.3, 0.4) is 0 Å². The molecule has 3 aromatic rings. The first-order chi connectivity index (χ1) is 14.7. The van der Waals surface area contributed by atoms with Crippen molar-refractivity contribution in [3.05, 3.63) is 53.6 Å². The van der Waals surface area contributed by atoms with Crippen LogP contribution in [0.15, 0.2) is 47.4 Å². The molecule has 0 saturated heterocycles. The molecule has 0 saturated carbocycles. The SMILES string of the molecule is CCN(CC)CCN(C(=O)CS(=O)(=O)c1ccccc1)c1nc2c(C)cc(C)cc2s1. The predicted octanol–water partition coefficient (Wildman–Crippen LogP) is 4.06. The summed E-state index contributed by atoms with van der Waals surface area (Å²) in [4.78, 5) is 21.9. The van der Waals surface area contributed by atoms with Crippen LogP contribution in [-0.2, 0) is 14.6 Å². The van der Waals surface area contributed by atoms with Crippen molar-refractivity contribution in [2.75, 3.05) is 36.8 Å². The number of rotatable bonds is 9. The van der Waals surface area contributed by atoms with Crippen LogP contribution in [0.5, 0.6) is 0 Å². The molecule has 2 aromatic carbocycles. The number of hydrogen-bond donors (Lipinski definition) is 0. The summed E-state index contributed by atoms with van der Waals surface area (Å²) in [6.07, 6.45) is 0. The molecule has 1 amide bonds. The van der Waals surface area contributed by atoms with Crippen LogP contribution < -0.4 is 4.90 Å². The first-order valence-corrected chi connectivity index (χ1v) is 12.9. The smallest absolute Gasteiger partial charge is 0.244 e. The van der Waals surface area contributed by atoms with Gasteiger partial charge in [-0.1, -0.05) is 49.4 Å². The van der Waals surface area contributed by atoms with Crippen LogP contribution in [0.1, 0.15) is 25.0 Å². The van der Waals surface area contributed by atoms with Gasteiger partial charge < -0.3 is 4.90 Å². The Morgan fingerprint density at radius 1 is 1.03 bits per heavy atom. The lowest BCUT2D eigenvalue weighted by Crippen LogP contribution is -2.41. The lowest BCUT2D eigenvalue weighted by molar-refractivity contribution is -0.116. The van der Waals surface area contributed by atoms with Gasteiger partial charge in [-0.2, -0.15) is 0 Å². The highest BCUT2D eigenvalue weighted by Gasteiger charge is 2.27. The highest BCUT2D eigenvalue weighted by Crippen LogP contribution is 2.32. The molecule has 0 aliphatic heterocycles. The van der Waals surface area contributed by atoms with Gasteiger partial charge in [0.1, 0.15) is 5.75 Å². The van der Waals surface area contributed by atoms with Crippen molar-refractivity contribution in [3.63, 3.8) is 0 Å². The second kappa shape index (κ2) is 9.89. The van der Waals surface area contributed by atoms with E-state index in [2.05, 4.69) is 30.9 Å². The van der Waals surface area contributed by atoms with Crippen LogP contribution in [0.25, 0.3) is 10.2 Å². The van der Waals surface area contributed by atoms with Crippen LogP contribution >= 0.6 is 11.3 Å². The third-order valence-corrected chi connectivity index (χ3v) is 7.94. The van der Waals surface area contributed by atoms with Gasteiger partial charge in [-0.05, 0) is 56.3 Å². The zero-order valence-electron chi connectivity index (χ0n) is 18.5. The molecule has 0 aliphatic carbocycles. The van der Waals surface area contributed by atoms with Gasteiger partial charge in [0.15, 0.2) is 15.0 Å². The molecule has 0 bridgehead atoms. The number of likely N-dealkylation sites (N-methyl/N-ethyl adjacent to an activating group) is 1. The normalized spacial score (nSPS) is 11.9. The molecule has 0 atom stereocenters. The Morgan fingerprint density at radius 2 is 1.71 bits per heavy atom. The van der Waals surface area contributed by atoms with Gasteiger partial charge >= 0.3 is 0 Å². The Balaban J connectivity index is 1.94. The number of benzene rings is 2. The Hall–Kier alpha value is -2.29. The first-order valence-electron chi connectivity index (χ1n) is 10.4. The van der Waals surface area contributed by atoms with E-state index in [0.29, 0.717) is 18.2 Å². The first kappa shape index (κ1) is 23.4. The molecular formula is C23H29N3O3S2. The van der Waals surface area contributed by atoms with E-state index >= 15 is 0 Å². The molecule has 0 fully saturated rings. The van der Waals surface area contributed by atoms with Crippen LogP contribution in [0.2, 0.25) is 0 Å². The lowest BCUT2D eigenvalue weighted by Gasteiger charge is -2.24. The van der Waals surface area contributed by atoms with Crippen molar-refractivity contribution in [1.29, 1.82) is 0 Å². The van der Waals surface area contributed by atoms with Crippen molar-refractivity contribution in [2.24, 2.45) is 0 Å². The largest absolute Gasteiger partial charge is 0.302 e. The number of aromatic nitrogens is 1. The van der Waals surface area contributed by atoms with Crippen molar-refractivity contribution >= 4 is 42.4 Å². The quantitative estimate of drug-likeness (QED) is 0.483. The zero-order chi connectivity index (χ0) is 22.6. The minimum Gasteiger partial charge on any atom is -0.302 e. The minimum atomic E-state index is -3.74. The number of carbonyl (C=O) groups excluding carboxylic acids is 1. The van der Waals surface area contributed by atoms with E-state index in [4.69, 9.17) is 4.98 Å². The molecule has 31 heavy (non-hydrogen) atoms. The lowest BCUT2D eigenvalue weighted by atomic mass is 10.1. The second-order valence-electron chi connectivity index (χ2n) is 7.57. The average molecular weight is 460 g/mol. The van der Waals surface area contributed by atoms with E-state index in [1.807, 2.05) is 13.8 Å². The Bertz CT molecular complexity index is 1150. The third kappa shape index (κ3) is 5.50. The van der Waals surface area contributed by atoms with Gasteiger partial charge in [-0.15, -0.1) is 0 Å². The van der Waals surface area contributed by atoms with E-state index in [1.54, 1.807) is 18.2 Å². The second-order valence-corrected chi connectivity index (χ2v) is 10.6. The highest BCUT2D eigenvalue weighted by molar-refractivity contribution is 7.92. The van der Waals surface area contributed by atoms with E-state index in [9.17, 15) is 13.2 Å². The van der Waals surface area contributed by atoms with E-state index in [-0.39, 0.29) is 4.90 Å². The van der Waals surface area contributed by atoms with Gasteiger partial charge in [0, 0.05) is 13.1 Å². The van der Waals surface area contributed by atoms with Gasteiger partial charge in [0.25, 0.3) is 0 Å². The number of amides is 1. The molecule has 1 aromatic heterocycles. The number of anilines is 1. The number of sulfone groups is 1. The fraction of sp³-hybridized carbons (Fsp3) is 0.391. The van der Waals surface area contributed by atoms with E-state index < -0.39 is 21.5 Å². The number of carbonyl (C=O) groups is 1. The Labute approximate surface area is 188 Å². The molecule has 0 N–H and O–H groups in total. The van der Waals surface area contributed by atoms with Crippen molar-refractivity contribution < 1.29 is 13.2 Å². The molecule has 6 nitrogen and oxygen atoms in total. The molecule has 3 rings (SSSR count). The van der Waals surface area contributed by atoms with Gasteiger partial charge in [0.2, 0.25) is 5.91 Å². The zero-order valence-corrected chi connectivity index (χ0v) is 20.1.